The highest BCUT2D eigenvalue weighted by Crippen LogP contribution is 2.22. The second kappa shape index (κ2) is 7.34. The van der Waals surface area contributed by atoms with Gasteiger partial charge in [-0.15, -0.1) is 11.8 Å². The zero-order valence-electron chi connectivity index (χ0n) is 11.5. The predicted octanol–water partition coefficient (Wildman–Crippen LogP) is 4.25. The fraction of sp³-hybridized carbons (Fsp3) is 0.429. The molecule has 0 amide bonds. The fourth-order valence-corrected chi connectivity index (χ4v) is 2.45. The number of thioether (sulfide) groups is 1. The number of carbonyl (C=O) groups is 2. The number of esters is 1. The summed E-state index contributed by atoms with van der Waals surface area (Å²) in [5.74, 6) is -0.223. The van der Waals surface area contributed by atoms with Crippen molar-refractivity contribution in [1.82, 2.24) is 0 Å². The van der Waals surface area contributed by atoms with Gasteiger partial charge in [0.2, 0.25) is 0 Å². The van der Waals surface area contributed by atoms with E-state index in [-0.39, 0.29) is 23.3 Å². The molecule has 0 atom stereocenters. The van der Waals surface area contributed by atoms with Gasteiger partial charge in [0.15, 0.2) is 5.78 Å². The minimum Gasteiger partial charge on any atom is -0.459 e. The Morgan fingerprint density at radius 1 is 1.20 bits per heavy atom. The molecular weight excluding hydrogens is 319 g/mol. The highest BCUT2D eigenvalue weighted by atomic mass is 35.5. The van der Waals surface area contributed by atoms with Crippen LogP contribution in [-0.2, 0) is 9.53 Å². The van der Waals surface area contributed by atoms with Crippen LogP contribution in [0.5, 0.6) is 0 Å². The van der Waals surface area contributed by atoms with E-state index >= 15 is 0 Å². The first kappa shape index (κ1) is 17.3. The van der Waals surface area contributed by atoms with Gasteiger partial charge in [-0.1, -0.05) is 23.2 Å². The van der Waals surface area contributed by atoms with E-state index in [0.717, 1.165) is 0 Å². The van der Waals surface area contributed by atoms with Crippen molar-refractivity contribution < 1.29 is 14.3 Å². The van der Waals surface area contributed by atoms with E-state index in [2.05, 4.69) is 0 Å². The molecule has 0 aliphatic heterocycles. The van der Waals surface area contributed by atoms with Gasteiger partial charge in [-0.25, -0.2) is 0 Å². The highest BCUT2D eigenvalue weighted by Gasteiger charge is 2.17. The van der Waals surface area contributed by atoms with Gasteiger partial charge >= 0.3 is 5.97 Å². The number of hydrogen-bond acceptors (Lipinski definition) is 4. The van der Waals surface area contributed by atoms with Crippen molar-refractivity contribution >= 4 is 46.7 Å². The van der Waals surface area contributed by atoms with Crippen LogP contribution in [0, 0.1) is 0 Å². The van der Waals surface area contributed by atoms with Crippen LogP contribution in [0.25, 0.3) is 0 Å². The maximum absolute atomic E-state index is 12.0. The number of halogens is 2. The van der Waals surface area contributed by atoms with Crippen LogP contribution in [0.1, 0.15) is 31.1 Å². The molecule has 0 aliphatic rings. The number of benzene rings is 1. The van der Waals surface area contributed by atoms with E-state index in [0.29, 0.717) is 15.6 Å². The Hall–Kier alpha value is -0.710. The standard InChI is InChI=1S/C14H16Cl2O3S/c1-14(2,3)19-13(18)8-20-7-12(17)10-6-9(15)4-5-11(10)16/h4-6H,7-8H2,1-3H3. The summed E-state index contributed by atoms with van der Waals surface area (Å²) in [5, 5.41) is 0.812. The molecule has 0 bridgehead atoms. The van der Waals surface area contributed by atoms with Crippen molar-refractivity contribution in [1.29, 1.82) is 0 Å². The van der Waals surface area contributed by atoms with Gasteiger partial charge in [-0.05, 0) is 39.0 Å². The molecule has 6 heteroatoms. The Morgan fingerprint density at radius 3 is 2.45 bits per heavy atom. The third-order valence-corrected chi connectivity index (χ3v) is 3.57. The Balaban J connectivity index is 2.48. The van der Waals surface area contributed by atoms with E-state index in [4.69, 9.17) is 27.9 Å². The molecule has 0 saturated carbocycles. The first-order valence-electron chi connectivity index (χ1n) is 5.97. The summed E-state index contributed by atoms with van der Waals surface area (Å²) in [4.78, 5) is 23.5. The Kier molecular flexibility index (Phi) is 6.37. The summed E-state index contributed by atoms with van der Waals surface area (Å²) < 4.78 is 5.15. The molecule has 0 aromatic heterocycles. The summed E-state index contributed by atoms with van der Waals surface area (Å²) in [6.45, 7) is 5.39. The average Bonchev–Trinajstić information content (AvgIpc) is 2.29. The van der Waals surface area contributed by atoms with Crippen LogP contribution < -0.4 is 0 Å². The zero-order valence-corrected chi connectivity index (χ0v) is 13.9. The van der Waals surface area contributed by atoms with Crippen LogP contribution in [0.15, 0.2) is 18.2 Å². The lowest BCUT2D eigenvalue weighted by Gasteiger charge is -2.19. The number of rotatable bonds is 5. The van der Waals surface area contributed by atoms with E-state index in [1.54, 1.807) is 32.9 Å². The molecule has 0 radical (unpaired) electrons. The minimum atomic E-state index is -0.516. The average molecular weight is 335 g/mol. The lowest BCUT2D eigenvalue weighted by molar-refractivity contribution is -0.151. The molecule has 1 aromatic carbocycles. The lowest BCUT2D eigenvalue weighted by Crippen LogP contribution is -2.25. The van der Waals surface area contributed by atoms with Crippen molar-refractivity contribution in [2.45, 2.75) is 26.4 Å². The number of hydrogen-bond donors (Lipinski definition) is 0. The van der Waals surface area contributed by atoms with Gasteiger partial charge in [0, 0.05) is 10.6 Å². The summed E-state index contributed by atoms with van der Waals surface area (Å²) in [5.41, 5.74) is -0.145. The van der Waals surface area contributed by atoms with Crippen molar-refractivity contribution in [3.05, 3.63) is 33.8 Å². The zero-order chi connectivity index (χ0) is 15.3. The second-order valence-corrected chi connectivity index (χ2v) is 6.96. The SMILES string of the molecule is CC(C)(C)OC(=O)CSCC(=O)c1cc(Cl)ccc1Cl. The molecule has 1 aromatic rings. The molecule has 0 heterocycles. The summed E-state index contributed by atoms with van der Waals surface area (Å²) in [7, 11) is 0. The fourth-order valence-electron chi connectivity index (χ4n) is 1.39. The summed E-state index contributed by atoms with van der Waals surface area (Å²) >= 11 is 13.0. The van der Waals surface area contributed by atoms with E-state index in [1.807, 2.05) is 0 Å². The number of carbonyl (C=O) groups excluding carboxylic acids is 2. The molecule has 0 N–H and O–H groups in total. The minimum absolute atomic E-state index is 0.126. The van der Waals surface area contributed by atoms with Crippen molar-refractivity contribution in [3.8, 4) is 0 Å². The monoisotopic (exact) mass is 334 g/mol. The van der Waals surface area contributed by atoms with Gasteiger partial charge in [0.05, 0.1) is 16.5 Å². The summed E-state index contributed by atoms with van der Waals surface area (Å²) in [6.07, 6.45) is 0. The van der Waals surface area contributed by atoms with Gasteiger partial charge in [0.1, 0.15) is 5.60 Å². The number of ketones is 1. The smallest absolute Gasteiger partial charge is 0.316 e. The van der Waals surface area contributed by atoms with Gasteiger partial charge in [-0.3, -0.25) is 9.59 Å². The van der Waals surface area contributed by atoms with Crippen molar-refractivity contribution in [3.63, 3.8) is 0 Å². The topological polar surface area (TPSA) is 43.4 Å². The molecule has 20 heavy (non-hydrogen) atoms. The van der Waals surface area contributed by atoms with Crippen molar-refractivity contribution in [2.24, 2.45) is 0 Å². The Labute approximate surface area is 133 Å². The molecule has 1 rings (SSSR count). The number of ether oxygens (including phenoxy) is 1. The molecule has 0 unspecified atom stereocenters. The predicted molar refractivity (Wildman–Crippen MR) is 84.0 cm³/mol. The molecule has 0 aliphatic carbocycles. The lowest BCUT2D eigenvalue weighted by atomic mass is 10.1. The highest BCUT2D eigenvalue weighted by molar-refractivity contribution is 8.00. The quantitative estimate of drug-likeness (QED) is 0.596. The second-order valence-electron chi connectivity index (χ2n) is 5.13. The first-order valence-corrected chi connectivity index (χ1v) is 7.88. The first-order chi connectivity index (χ1) is 9.19. The van der Waals surface area contributed by atoms with E-state index < -0.39 is 5.60 Å². The van der Waals surface area contributed by atoms with Crippen molar-refractivity contribution in [2.75, 3.05) is 11.5 Å². The molecule has 110 valence electrons. The van der Waals surface area contributed by atoms with Gasteiger partial charge in [-0.2, -0.15) is 0 Å². The third-order valence-electron chi connectivity index (χ3n) is 2.10. The largest absolute Gasteiger partial charge is 0.459 e. The van der Waals surface area contributed by atoms with Crippen LogP contribution in [0.3, 0.4) is 0 Å². The molecular formula is C14H16Cl2O3S. The molecule has 3 nitrogen and oxygen atoms in total. The van der Waals surface area contributed by atoms with Crippen LogP contribution in [-0.4, -0.2) is 28.9 Å². The molecule has 0 spiro atoms. The maximum atomic E-state index is 12.0. The van der Waals surface area contributed by atoms with Crippen LogP contribution in [0.4, 0.5) is 0 Å². The maximum Gasteiger partial charge on any atom is 0.316 e. The van der Waals surface area contributed by atoms with Crippen LogP contribution in [0.2, 0.25) is 10.0 Å². The third kappa shape index (κ3) is 6.16. The Morgan fingerprint density at radius 2 is 1.85 bits per heavy atom. The normalized spacial score (nSPS) is 11.2. The van der Waals surface area contributed by atoms with Gasteiger partial charge in [0.25, 0.3) is 0 Å². The van der Waals surface area contributed by atoms with E-state index in [1.165, 1.54) is 17.8 Å². The van der Waals surface area contributed by atoms with E-state index in [9.17, 15) is 9.59 Å². The summed E-state index contributed by atoms with van der Waals surface area (Å²) in [6, 6.07) is 4.73. The molecule has 0 fully saturated rings. The van der Waals surface area contributed by atoms with Gasteiger partial charge < -0.3 is 4.74 Å². The number of Topliss-reactive ketones (excluding diaryl/α,β-unsaturated/α-hetero) is 1. The van der Waals surface area contributed by atoms with Crippen LogP contribution >= 0.6 is 35.0 Å². The molecule has 0 saturated heterocycles. The Bertz CT molecular complexity index is 510.